The van der Waals surface area contributed by atoms with Crippen molar-refractivity contribution >= 4 is 11.6 Å². The number of primary amides is 1. The Labute approximate surface area is 175 Å². The van der Waals surface area contributed by atoms with Gasteiger partial charge in [-0.15, -0.1) is 13.2 Å². The molecule has 1 aliphatic heterocycles. The van der Waals surface area contributed by atoms with Crippen LogP contribution >= 0.6 is 0 Å². The van der Waals surface area contributed by atoms with Crippen LogP contribution in [0.1, 0.15) is 40.6 Å². The molecule has 1 atom stereocenters. The highest BCUT2D eigenvalue weighted by Crippen LogP contribution is 2.41. The molecule has 0 saturated carbocycles. The number of nitrogens with two attached hydrogens (primary N) is 1. The summed E-state index contributed by atoms with van der Waals surface area (Å²) in [6.07, 6.45) is -4.89. The Morgan fingerprint density at radius 3 is 2.48 bits per heavy atom. The number of aliphatic imine (C=N–C) groups is 1. The first-order valence-electron chi connectivity index (χ1n) is 9.43. The number of hydrogen-bond acceptors (Lipinski definition) is 5. The first kappa shape index (κ1) is 20.6. The molecule has 4 rings (SSSR count). The molecule has 2 N–H and O–H groups in total. The van der Waals surface area contributed by atoms with Gasteiger partial charge >= 0.3 is 6.36 Å². The average molecular weight is 429 g/mol. The molecule has 1 amide bonds. The standard InChI is InChI=1S/C22H18F3N3O3/c1-11-4-3-5-15-18(11)20(13-6-8-14(9-7-13)30-22(23,24)25)27-16(10-17(26)29)21-19(15)12(2)28-31-21/h3-9,16H,10H2,1-2H3,(H2,26,29)/t16-/m0/s1. The number of hydrogen-bond donors (Lipinski definition) is 1. The number of aryl methyl sites for hydroxylation is 2. The van der Waals surface area contributed by atoms with Gasteiger partial charge < -0.3 is 15.0 Å². The third-order valence-corrected chi connectivity index (χ3v) is 5.01. The lowest BCUT2D eigenvalue weighted by molar-refractivity contribution is -0.274. The van der Waals surface area contributed by atoms with E-state index in [1.165, 1.54) is 24.3 Å². The monoisotopic (exact) mass is 429 g/mol. The van der Waals surface area contributed by atoms with Gasteiger partial charge in [0.15, 0.2) is 5.76 Å². The molecule has 0 bridgehead atoms. The van der Waals surface area contributed by atoms with Gasteiger partial charge in [0.25, 0.3) is 0 Å². The van der Waals surface area contributed by atoms with Crippen LogP contribution in [0.5, 0.6) is 5.75 Å². The number of carbonyl (C=O) groups is 1. The number of amides is 1. The predicted molar refractivity (Wildman–Crippen MR) is 107 cm³/mol. The predicted octanol–water partition coefficient (Wildman–Crippen LogP) is 4.62. The van der Waals surface area contributed by atoms with Crippen LogP contribution in [0.25, 0.3) is 11.1 Å². The Kier molecular flexibility index (Phi) is 5.04. The zero-order chi connectivity index (χ0) is 22.3. The third-order valence-electron chi connectivity index (χ3n) is 5.01. The lowest BCUT2D eigenvalue weighted by Crippen LogP contribution is -2.17. The quantitative estimate of drug-likeness (QED) is 0.655. The average Bonchev–Trinajstić information content (AvgIpc) is 2.99. The third kappa shape index (κ3) is 4.03. The minimum Gasteiger partial charge on any atom is -0.406 e. The second kappa shape index (κ2) is 7.57. The molecule has 0 fully saturated rings. The maximum atomic E-state index is 12.5. The first-order chi connectivity index (χ1) is 14.6. The van der Waals surface area contributed by atoms with E-state index in [2.05, 4.69) is 9.89 Å². The zero-order valence-electron chi connectivity index (χ0n) is 16.7. The lowest BCUT2D eigenvalue weighted by Gasteiger charge is -2.15. The van der Waals surface area contributed by atoms with Gasteiger partial charge in [0, 0.05) is 11.1 Å². The van der Waals surface area contributed by atoms with E-state index < -0.39 is 18.3 Å². The van der Waals surface area contributed by atoms with Crippen LogP contribution in [0.2, 0.25) is 0 Å². The molecule has 31 heavy (non-hydrogen) atoms. The van der Waals surface area contributed by atoms with Gasteiger partial charge in [0.1, 0.15) is 11.8 Å². The summed E-state index contributed by atoms with van der Waals surface area (Å²) in [5, 5.41) is 4.05. The zero-order valence-corrected chi connectivity index (χ0v) is 16.7. The summed E-state index contributed by atoms with van der Waals surface area (Å²) in [5.74, 6) is -0.476. The maximum Gasteiger partial charge on any atom is 0.573 e. The van der Waals surface area contributed by atoms with E-state index in [0.717, 1.165) is 22.3 Å². The Morgan fingerprint density at radius 1 is 1.13 bits per heavy atom. The molecule has 1 aromatic heterocycles. The number of aromatic nitrogens is 1. The smallest absolute Gasteiger partial charge is 0.406 e. The van der Waals surface area contributed by atoms with Crippen molar-refractivity contribution in [3.8, 4) is 16.9 Å². The fraction of sp³-hybridized carbons (Fsp3) is 0.227. The number of carbonyl (C=O) groups excluding carboxylic acids is 1. The summed E-state index contributed by atoms with van der Waals surface area (Å²) < 4.78 is 47.1. The SMILES string of the molecule is Cc1cccc2c1C(c1ccc(OC(F)(F)F)cc1)=N[C@@H](CC(N)=O)c1onc(C)c1-2. The van der Waals surface area contributed by atoms with Crippen LogP contribution in [0.3, 0.4) is 0 Å². The second-order valence-corrected chi connectivity index (χ2v) is 7.24. The summed E-state index contributed by atoms with van der Waals surface area (Å²) in [4.78, 5) is 16.5. The molecular weight excluding hydrogens is 411 g/mol. The summed E-state index contributed by atoms with van der Waals surface area (Å²) in [7, 11) is 0. The molecule has 0 spiro atoms. The topological polar surface area (TPSA) is 90.7 Å². The summed E-state index contributed by atoms with van der Waals surface area (Å²) >= 11 is 0. The van der Waals surface area contributed by atoms with E-state index in [9.17, 15) is 18.0 Å². The molecule has 9 heteroatoms. The first-order valence-corrected chi connectivity index (χ1v) is 9.43. The van der Waals surface area contributed by atoms with Gasteiger partial charge in [0.2, 0.25) is 5.91 Å². The van der Waals surface area contributed by atoms with Crippen LogP contribution in [0, 0.1) is 13.8 Å². The van der Waals surface area contributed by atoms with E-state index in [1.54, 1.807) is 6.92 Å². The summed E-state index contributed by atoms with van der Waals surface area (Å²) in [5.41, 5.74) is 10.4. The van der Waals surface area contributed by atoms with Gasteiger partial charge in [-0.25, -0.2) is 0 Å². The number of fused-ring (bicyclic) bond motifs is 3. The number of benzene rings is 2. The number of halogens is 3. The van der Waals surface area contributed by atoms with Crippen molar-refractivity contribution in [1.82, 2.24) is 5.16 Å². The number of nitrogens with zero attached hydrogens (tertiary/aromatic N) is 2. The molecule has 6 nitrogen and oxygen atoms in total. The Morgan fingerprint density at radius 2 is 1.84 bits per heavy atom. The number of ether oxygens (including phenoxy) is 1. The van der Waals surface area contributed by atoms with E-state index in [1.807, 2.05) is 25.1 Å². The molecule has 160 valence electrons. The van der Waals surface area contributed by atoms with Crippen LogP contribution in [-0.4, -0.2) is 23.1 Å². The van der Waals surface area contributed by atoms with Crippen molar-refractivity contribution in [2.24, 2.45) is 10.7 Å². The molecule has 0 saturated heterocycles. The van der Waals surface area contributed by atoms with Gasteiger partial charge in [0.05, 0.1) is 23.4 Å². The minimum absolute atomic E-state index is 0.104. The molecule has 1 aliphatic rings. The number of alkyl halides is 3. The summed E-state index contributed by atoms with van der Waals surface area (Å²) in [6.45, 7) is 3.70. The largest absolute Gasteiger partial charge is 0.573 e. The van der Waals surface area contributed by atoms with Crippen molar-refractivity contribution in [3.63, 3.8) is 0 Å². The highest BCUT2D eigenvalue weighted by molar-refractivity contribution is 6.18. The van der Waals surface area contributed by atoms with Crippen LogP contribution in [0.15, 0.2) is 52.0 Å². The highest BCUT2D eigenvalue weighted by atomic mass is 19.4. The van der Waals surface area contributed by atoms with E-state index >= 15 is 0 Å². The maximum absolute atomic E-state index is 12.5. The highest BCUT2D eigenvalue weighted by Gasteiger charge is 2.33. The minimum atomic E-state index is -4.78. The normalized spacial score (nSPS) is 15.5. The van der Waals surface area contributed by atoms with Crippen LogP contribution < -0.4 is 10.5 Å². The van der Waals surface area contributed by atoms with Crippen LogP contribution in [-0.2, 0) is 4.79 Å². The van der Waals surface area contributed by atoms with E-state index in [4.69, 9.17) is 15.2 Å². The van der Waals surface area contributed by atoms with Crippen molar-refractivity contribution in [1.29, 1.82) is 0 Å². The van der Waals surface area contributed by atoms with Crippen molar-refractivity contribution < 1.29 is 27.2 Å². The number of rotatable bonds is 4. The molecule has 0 aliphatic carbocycles. The molecular formula is C22H18F3N3O3. The molecule has 2 heterocycles. The van der Waals surface area contributed by atoms with Gasteiger partial charge in [-0.2, -0.15) is 0 Å². The fourth-order valence-corrected chi connectivity index (χ4v) is 3.77. The molecule has 3 aromatic rings. The second-order valence-electron chi connectivity index (χ2n) is 7.24. The van der Waals surface area contributed by atoms with Crippen molar-refractivity contribution in [2.45, 2.75) is 32.7 Å². The molecule has 0 radical (unpaired) electrons. The van der Waals surface area contributed by atoms with Gasteiger partial charge in [-0.05, 0) is 49.2 Å². The van der Waals surface area contributed by atoms with E-state index in [0.29, 0.717) is 22.7 Å². The van der Waals surface area contributed by atoms with Crippen molar-refractivity contribution in [2.75, 3.05) is 0 Å². The lowest BCUT2D eigenvalue weighted by atomic mass is 9.90. The Balaban J connectivity index is 1.90. The van der Waals surface area contributed by atoms with Crippen LogP contribution in [0.4, 0.5) is 13.2 Å². The van der Waals surface area contributed by atoms with Gasteiger partial charge in [-0.1, -0.05) is 23.4 Å². The Hall–Kier alpha value is -3.62. The summed E-state index contributed by atoms with van der Waals surface area (Å²) in [6, 6.07) is 10.4. The van der Waals surface area contributed by atoms with E-state index in [-0.39, 0.29) is 12.2 Å². The Bertz CT molecular complexity index is 1180. The molecule has 0 unspecified atom stereocenters. The fourth-order valence-electron chi connectivity index (χ4n) is 3.77. The molecule has 2 aromatic carbocycles. The van der Waals surface area contributed by atoms with Crippen molar-refractivity contribution in [3.05, 3.63) is 70.6 Å². The van der Waals surface area contributed by atoms with Gasteiger partial charge in [-0.3, -0.25) is 9.79 Å².